The van der Waals surface area contributed by atoms with Crippen molar-refractivity contribution in [2.45, 2.75) is 126 Å². The van der Waals surface area contributed by atoms with Crippen LogP contribution in [0.15, 0.2) is 12.2 Å². The molecule has 5 aliphatic carbocycles. The van der Waals surface area contributed by atoms with Gasteiger partial charge in [-0.2, -0.15) is 0 Å². The first kappa shape index (κ1) is 24.9. The van der Waals surface area contributed by atoms with E-state index in [4.69, 9.17) is 4.74 Å². The van der Waals surface area contributed by atoms with E-state index in [9.17, 15) is 4.79 Å². The molecule has 5 rings (SSSR count). The number of esters is 1. The maximum atomic E-state index is 11.9. The van der Waals surface area contributed by atoms with Gasteiger partial charge in [-0.25, -0.2) is 0 Å². The molecule has 0 amide bonds. The molecule has 5 fully saturated rings. The molecule has 192 valence electrons. The molecular weight excluding hydrogens is 416 g/mol. The minimum atomic E-state index is -0.108. The molecule has 2 nitrogen and oxygen atoms in total. The van der Waals surface area contributed by atoms with Crippen LogP contribution in [0.5, 0.6) is 0 Å². The Morgan fingerprint density at radius 1 is 0.853 bits per heavy atom. The summed E-state index contributed by atoms with van der Waals surface area (Å²) in [6, 6.07) is 0. The zero-order chi connectivity index (χ0) is 24.9. The zero-order valence-electron chi connectivity index (χ0n) is 23.6. The first-order valence-electron chi connectivity index (χ1n) is 14.6. The highest BCUT2D eigenvalue weighted by Gasteiger charge is 2.70. The van der Waals surface area contributed by atoms with Crippen molar-refractivity contribution in [3.8, 4) is 0 Å². The Hall–Kier alpha value is -0.790. The monoisotopic (exact) mass is 468 g/mol. The summed E-state index contributed by atoms with van der Waals surface area (Å²) in [7, 11) is 0. The number of rotatable bonds is 1. The van der Waals surface area contributed by atoms with Crippen molar-refractivity contribution in [2.24, 2.45) is 56.7 Å². The van der Waals surface area contributed by atoms with Crippen molar-refractivity contribution in [3.05, 3.63) is 12.2 Å². The molecule has 0 radical (unpaired) electrons. The van der Waals surface area contributed by atoms with Crippen LogP contribution in [0, 0.1) is 56.7 Å². The highest BCUT2D eigenvalue weighted by atomic mass is 16.5. The second-order valence-electron chi connectivity index (χ2n) is 15.3. The Labute approximate surface area is 210 Å². The van der Waals surface area contributed by atoms with Gasteiger partial charge in [0.1, 0.15) is 6.10 Å². The number of fused-ring (bicyclic) bond motifs is 7. The molecule has 0 saturated heterocycles. The Kier molecular flexibility index (Phi) is 5.57. The smallest absolute Gasteiger partial charge is 0.302 e. The minimum Gasteiger partial charge on any atom is -0.462 e. The molecule has 5 aliphatic rings. The lowest BCUT2D eigenvalue weighted by atomic mass is 9.31. The van der Waals surface area contributed by atoms with E-state index in [1.807, 2.05) is 0 Å². The van der Waals surface area contributed by atoms with Crippen LogP contribution in [-0.4, -0.2) is 12.1 Å². The molecule has 10 atom stereocenters. The van der Waals surface area contributed by atoms with Gasteiger partial charge in [-0.1, -0.05) is 60.6 Å². The average molecular weight is 469 g/mol. The van der Waals surface area contributed by atoms with E-state index in [1.165, 1.54) is 63.4 Å². The lowest BCUT2D eigenvalue weighted by Crippen LogP contribution is -2.67. The van der Waals surface area contributed by atoms with Crippen molar-refractivity contribution < 1.29 is 9.53 Å². The van der Waals surface area contributed by atoms with Crippen molar-refractivity contribution in [1.82, 2.24) is 0 Å². The number of hydrogen-bond acceptors (Lipinski definition) is 2. The highest BCUT2D eigenvalue weighted by molar-refractivity contribution is 5.66. The maximum Gasteiger partial charge on any atom is 0.302 e. The Bertz CT molecular complexity index is 872. The van der Waals surface area contributed by atoms with Gasteiger partial charge in [0.2, 0.25) is 0 Å². The van der Waals surface area contributed by atoms with Crippen molar-refractivity contribution >= 4 is 5.97 Å². The summed E-state index contributed by atoms with van der Waals surface area (Å²) in [6.07, 6.45) is 13.2. The summed E-state index contributed by atoms with van der Waals surface area (Å²) in [5.74, 6) is 3.64. The van der Waals surface area contributed by atoms with E-state index in [0.29, 0.717) is 33.5 Å². The molecular formula is C32H52O2. The quantitative estimate of drug-likeness (QED) is 0.284. The van der Waals surface area contributed by atoms with Gasteiger partial charge in [0.05, 0.1) is 0 Å². The predicted octanol–water partition coefficient (Wildman–Crippen LogP) is 8.60. The van der Waals surface area contributed by atoms with Crippen LogP contribution in [0.2, 0.25) is 0 Å². The van der Waals surface area contributed by atoms with Crippen LogP contribution >= 0.6 is 0 Å². The summed E-state index contributed by atoms with van der Waals surface area (Å²) in [4.78, 5) is 11.9. The van der Waals surface area contributed by atoms with Crippen LogP contribution in [0.25, 0.3) is 0 Å². The van der Waals surface area contributed by atoms with Crippen LogP contribution < -0.4 is 0 Å². The van der Waals surface area contributed by atoms with E-state index < -0.39 is 0 Å². The molecule has 0 aromatic rings. The largest absolute Gasteiger partial charge is 0.462 e. The molecule has 0 spiro atoms. The fraction of sp³-hybridized carbons (Fsp3) is 0.906. The molecule has 34 heavy (non-hydrogen) atoms. The van der Waals surface area contributed by atoms with Crippen LogP contribution in [0.1, 0.15) is 120 Å². The molecule has 0 heterocycles. The standard InChI is InChI=1S/C32H52O2/c1-20-12-15-29(6)18-19-31(8)23(27(29)21(20)2)10-11-25-30(7)16-14-26(34-22(3)33)28(4,5)24(30)13-17-32(25,31)9/h21,23-27H,1,10-19H2,2-9H3/t21-,23?,24-,25+,26-,27-,29+,30-,31+,32+/m0/s1. The molecule has 0 aliphatic heterocycles. The third-order valence-corrected chi connectivity index (χ3v) is 13.8. The van der Waals surface area contributed by atoms with Gasteiger partial charge >= 0.3 is 5.97 Å². The lowest BCUT2D eigenvalue weighted by molar-refractivity contribution is -0.253. The molecule has 2 heteroatoms. The van der Waals surface area contributed by atoms with Crippen molar-refractivity contribution in [3.63, 3.8) is 0 Å². The number of hydrogen-bond donors (Lipinski definition) is 0. The van der Waals surface area contributed by atoms with E-state index in [1.54, 1.807) is 6.92 Å². The van der Waals surface area contributed by atoms with Gasteiger partial charge < -0.3 is 4.74 Å². The number of ether oxygens (including phenoxy) is 1. The van der Waals surface area contributed by atoms with E-state index in [-0.39, 0.29) is 17.5 Å². The Balaban J connectivity index is 1.50. The Morgan fingerprint density at radius 2 is 1.56 bits per heavy atom. The number of allylic oxidation sites excluding steroid dienone is 1. The van der Waals surface area contributed by atoms with Gasteiger partial charge in [-0.15, -0.1) is 0 Å². The second kappa shape index (κ2) is 7.61. The predicted molar refractivity (Wildman–Crippen MR) is 140 cm³/mol. The van der Waals surface area contributed by atoms with Gasteiger partial charge in [0, 0.05) is 12.3 Å². The molecule has 0 aromatic heterocycles. The SMILES string of the molecule is C=C1CC[C@]2(C)CC[C@]3(C)C(CC[C@@H]4[C@@]5(C)CC[C@H](OC(C)=O)C(C)(C)[C@@H]5CC[C@]43C)[C@@H]2[C@H]1C. The minimum absolute atomic E-state index is 0.0541. The lowest BCUT2D eigenvalue weighted by Gasteiger charge is -2.73. The molecule has 1 unspecified atom stereocenters. The topological polar surface area (TPSA) is 26.3 Å². The molecule has 0 N–H and O–H groups in total. The summed E-state index contributed by atoms with van der Waals surface area (Å²) < 4.78 is 5.91. The fourth-order valence-electron chi connectivity index (χ4n) is 11.8. The molecule has 0 aromatic carbocycles. The average Bonchev–Trinajstić information content (AvgIpc) is 2.74. The fourth-order valence-corrected chi connectivity index (χ4v) is 11.8. The van der Waals surface area contributed by atoms with Crippen molar-refractivity contribution in [1.29, 1.82) is 0 Å². The number of carbonyl (C=O) groups is 1. The van der Waals surface area contributed by atoms with Gasteiger partial charge in [0.15, 0.2) is 0 Å². The molecule has 5 saturated carbocycles. The third kappa shape index (κ3) is 3.08. The first-order chi connectivity index (χ1) is 15.7. The van der Waals surface area contributed by atoms with Crippen LogP contribution in [-0.2, 0) is 9.53 Å². The van der Waals surface area contributed by atoms with E-state index >= 15 is 0 Å². The summed E-state index contributed by atoms with van der Waals surface area (Å²) >= 11 is 0. The zero-order valence-corrected chi connectivity index (χ0v) is 23.6. The summed E-state index contributed by atoms with van der Waals surface area (Å²) in [5, 5.41) is 0. The van der Waals surface area contributed by atoms with Gasteiger partial charge in [-0.3, -0.25) is 4.79 Å². The van der Waals surface area contributed by atoms with Gasteiger partial charge in [0.25, 0.3) is 0 Å². The van der Waals surface area contributed by atoms with Crippen molar-refractivity contribution in [2.75, 3.05) is 0 Å². The van der Waals surface area contributed by atoms with E-state index in [0.717, 1.165) is 24.2 Å². The Morgan fingerprint density at radius 3 is 2.24 bits per heavy atom. The maximum absolute atomic E-state index is 11.9. The third-order valence-electron chi connectivity index (χ3n) is 13.8. The van der Waals surface area contributed by atoms with Gasteiger partial charge in [-0.05, 0) is 115 Å². The van der Waals surface area contributed by atoms with E-state index in [2.05, 4.69) is 55.0 Å². The molecule has 0 bridgehead atoms. The summed E-state index contributed by atoms with van der Waals surface area (Å²) in [6.45, 7) is 24.2. The first-order valence-corrected chi connectivity index (χ1v) is 14.6. The van der Waals surface area contributed by atoms with Crippen LogP contribution in [0.4, 0.5) is 0 Å². The number of carbonyl (C=O) groups excluding carboxylic acids is 1. The normalized spacial score (nSPS) is 54.2. The van der Waals surface area contributed by atoms with Crippen LogP contribution in [0.3, 0.4) is 0 Å². The second-order valence-corrected chi connectivity index (χ2v) is 15.3. The summed E-state index contributed by atoms with van der Waals surface area (Å²) in [5.41, 5.74) is 3.28. The highest BCUT2D eigenvalue weighted by Crippen LogP contribution is 2.77.